The number of amides is 1. The number of rotatable bonds is 2. The lowest BCUT2D eigenvalue weighted by Crippen LogP contribution is -2.18. The molecule has 0 saturated carbocycles. The minimum Gasteiger partial charge on any atom is -0.369 e. The molecule has 54 valence electrons. The summed E-state index contributed by atoms with van der Waals surface area (Å²) in [7, 11) is 0. The summed E-state index contributed by atoms with van der Waals surface area (Å²) in [5.74, 6) is -0.583. The van der Waals surface area contributed by atoms with Gasteiger partial charge in [-0.2, -0.15) is 5.10 Å². The van der Waals surface area contributed by atoms with Gasteiger partial charge in [-0.1, -0.05) is 0 Å². The van der Waals surface area contributed by atoms with Gasteiger partial charge in [0.25, 0.3) is 0 Å². The zero-order valence-electron chi connectivity index (χ0n) is 5.66. The van der Waals surface area contributed by atoms with Crippen molar-refractivity contribution in [3.63, 3.8) is 0 Å². The Morgan fingerprint density at radius 1 is 1.90 bits per heavy atom. The van der Waals surface area contributed by atoms with E-state index in [9.17, 15) is 4.79 Å². The number of primary amides is 1. The van der Waals surface area contributed by atoms with Crippen molar-refractivity contribution < 1.29 is 4.79 Å². The maximum absolute atomic E-state index is 10.6. The maximum Gasteiger partial charge on any atom is 0.224 e. The first-order chi connectivity index (χ1) is 4.72. The van der Waals surface area contributed by atoms with Gasteiger partial charge in [0, 0.05) is 11.8 Å². The summed E-state index contributed by atoms with van der Waals surface area (Å²) in [5.41, 5.74) is 5.87. The molecule has 0 fully saturated rings. The molecule has 0 aromatic carbocycles. The minimum absolute atomic E-state index is 0.251. The number of H-pyrrole nitrogens is 1. The summed E-state index contributed by atoms with van der Waals surface area (Å²) in [6, 6.07) is 0. The van der Waals surface area contributed by atoms with Crippen molar-refractivity contribution in [3.8, 4) is 0 Å². The Morgan fingerprint density at radius 3 is 3.00 bits per heavy atom. The summed E-state index contributed by atoms with van der Waals surface area (Å²) in [6.07, 6.45) is 3.25. The quantitative estimate of drug-likeness (QED) is 0.605. The molecule has 0 aliphatic carbocycles. The van der Waals surface area contributed by atoms with Crippen LogP contribution in [0.1, 0.15) is 18.4 Å². The molecule has 10 heavy (non-hydrogen) atoms. The van der Waals surface area contributed by atoms with Gasteiger partial charge in [-0.25, -0.2) is 0 Å². The highest BCUT2D eigenvalue weighted by Gasteiger charge is 2.11. The van der Waals surface area contributed by atoms with E-state index in [2.05, 4.69) is 10.2 Å². The van der Waals surface area contributed by atoms with E-state index in [4.69, 9.17) is 5.73 Å². The van der Waals surface area contributed by atoms with E-state index in [1.54, 1.807) is 19.3 Å². The summed E-state index contributed by atoms with van der Waals surface area (Å²) < 4.78 is 0. The van der Waals surface area contributed by atoms with Crippen LogP contribution in [0, 0.1) is 0 Å². The SMILES string of the molecule is CC(C(N)=O)c1cn[nH]c1. The van der Waals surface area contributed by atoms with E-state index in [0.717, 1.165) is 5.56 Å². The number of aromatic nitrogens is 2. The first kappa shape index (κ1) is 6.80. The third kappa shape index (κ3) is 1.15. The predicted octanol–water partition coefficient (Wildman–Crippen LogP) is -0.00150. The van der Waals surface area contributed by atoms with Crippen molar-refractivity contribution in [3.05, 3.63) is 18.0 Å². The lowest BCUT2D eigenvalue weighted by atomic mass is 10.1. The first-order valence-corrected chi connectivity index (χ1v) is 3.00. The molecule has 3 N–H and O–H groups in total. The van der Waals surface area contributed by atoms with Crippen LogP contribution in [0.2, 0.25) is 0 Å². The Kier molecular flexibility index (Phi) is 1.71. The molecule has 1 unspecified atom stereocenters. The maximum atomic E-state index is 10.6. The van der Waals surface area contributed by atoms with Gasteiger partial charge in [0.15, 0.2) is 0 Å². The standard InChI is InChI=1S/C6H9N3O/c1-4(6(7)10)5-2-8-9-3-5/h2-4H,1H3,(H2,7,10)(H,8,9). The molecule has 4 heteroatoms. The summed E-state index contributed by atoms with van der Waals surface area (Å²) in [6.45, 7) is 1.74. The molecule has 0 saturated heterocycles. The third-order valence-electron chi connectivity index (χ3n) is 1.45. The third-order valence-corrected chi connectivity index (χ3v) is 1.45. The van der Waals surface area contributed by atoms with Crippen molar-refractivity contribution in [2.45, 2.75) is 12.8 Å². The second-order valence-corrected chi connectivity index (χ2v) is 2.16. The molecule has 0 aliphatic heterocycles. The van der Waals surface area contributed by atoms with Gasteiger partial charge in [0.1, 0.15) is 0 Å². The Balaban J connectivity index is 2.77. The highest BCUT2D eigenvalue weighted by Crippen LogP contribution is 2.10. The van der Waals surface area contributed by atoms with Gasteiger partial charge < -0.3 is 5.73 Å². The predicted molar refractivity (Wildman–Crippen MR) is 36.2 cm³/mol. The van der Waals surface area contributed by atoms with Gasteiger partial charge in [0.2, 0.25) is 5.91 Å². The highest BCUT2D eigenvalue weighted by atomic mass is 16.1. The van der Waals surface area contributed by atoms with E-state index in [1.807, 2.05) is 0 Å². The average molecular weight is 139 g/mol. The van der Waals surface area contributed by atoms with Crippen LogP contribution in [-0.4, -0.2) is 16.1 Å². The van der Waals surface area contributed by atoms with E-state index >= 15 is 0 Å². The van der Waals surface area contributed by atoms with Crippen LogP contribution in [-0.2, 0) is 4.79 Å². The zero-order valence-corrected chi connectivity index (χ0v) is 5.66. The van der Waals surface area contributed by atoms with E-state index in [0.29, 0.717) is 0 Å². The summed E-state index contributed by atoms with van der Waals surface area (Å²) in [5, 5.41) is 6.30. The smallest absolute Gasteiger partial charge is 0.224 e. The fourth-order valence-corrected chi connectivity index (χ4v) is 0.662. The van der Waals surface area contributed by atoms with Crippen molar-refractivity contribution in [2.75, 3.05) is 0 Å². The minimum atomic E-state index is -0.332. The number of carbonyl (C=O) groups excluding carboxylic acids is 1. The van der Waals surface area contributed by atoms with Crippen LogP contribution in [0.5, 0.6) is 0 Å². The number of nitrogens with one attached hydrogen (secondary N) is 1. The van der Waals surface area contributed by atoms with Gasteiger partial charge in [0.05, 0.1) is 12.1 Å². The fraction of sp³-hybridized carbons (Fsp3) is 0.333. The van der Waals surface area contributed by atoms with Gasteiger partial charge in [-0.05, 0) is 6.92 Å². The van der Waals surface area contributed by atoms with Crippen molar-refractivity contribution in [2.24, 2.45) is 5.73 Å². The number of carbonyl (C=O) groups is 1. The van der Waals surface area contributed by atoms with Crippen LogP contribution in [0.4, 0.5) is 0 Å². The monoisotopic (exact) mass is 139 g/mol. The molecule has 0 bridgehead atoms. The molecule has 0 aliphatic rings. The van der Waals surface area contributed by atoms with Gasteiger partial charge in [-0.3, -0.25) is 9.89 Å². The summed E-state index contributed by atoms with van der Waals surface area (Å²) >= 11 is 0. The molecule has 4 nitrogen and oxygen atoms in total. The fourth-order valence-electron chi connectivity index (χ4n) is 0.662. The number of hydrogen-bond acceptors (Lipinski definition) is 2. The molecule has 1 amide bonds. The largest absolute Gasteiger partial charge is 0.369 e. The van der Waals surface area contributed by atoms with Crippen LogP contribution < -0.4 is 5.73 Å². The van der Waals surface area contributed by atoms with Crippen LogP contribution in [0.3, 0.4) is 0 Å². The van der Waals surface area contributed by atoms with Crippen molar-refractivity contribution in [1.82, 2.24) is 10.2 Å². The lowest BCUT2D eigenvalue weighted by molar-refractivity contribution is -0.119. The molecular formula is C6H9N3O. The van der Waals surface area contributed by atoms with E-state index in [1.165, 1.54) is 0 Å². The second-order valence-electron chi connectivity index (χ2n) is 2.16. The van der Waals surface area contributed by atoms with Crippen LogP contribution in [0.15, 0.2) is 12.4 Å². The number of hydrogen-bond donors (Lipinski definition) is 2. The van der Waals surface area contributed by atoms with E-state index < -0.39 is 0 Å². The zero-order chi connectivity index (χ0) is 7.56. The van der Waals surface area contributed by atoms with Gasteiger partial charge >= 0.3 is 0 Å². The Morgan fingerprint density at radius 2 is 2.60 bits per heavy atom. The molecule has 1 aromatic heterocycles. The molecule has 1 heterocycles. The Hall–Kier alpha value is -1.32. The molecule has 0 spiro atoms. The average Bonchev–Trinajstić information content (AvgIpc) is 2.36. The molecular weight excluding hydrogens is 130 g/mol. The first-order valence-electron chi connectivity index (χ1n) is 3.00. The van der Waals surface area contributed by atoms with Gasteiger partial charge in [-0.15, -0.1) is 0 Å². The lowest BCUT2D eigenvalue weighted by Gasteiger charge is -2.00. The molecule has 0 radical (unpaired) electrons. The normalized spacial score (nSPS) is 12.9. The summed E-state index contributed by atoms with van der Waals surface area (Å²) in [4.78, 5) is 10.6. The number of nitrogens with zero attached hydrogens (tertiary/aromatic N) is 1. The highest BCUT2D eigenvalue weighted by molar-refractivity contribution is 5.81. The van der Waals surface area contributed by atoms with Crippen molar-refractivity contribution in [1.29, 1.82) is 0 Å². The Labute approximate surface area is 58.4 Å². The topological polar surface area (TPSA) is 71.8 Å². The molecule has 1 atom stereocenters. The second kappa shape index (κ2) is 2.51. The van der Waals surface area contributed by atoms with Crippen LogP contribution in [0.25, 0.3) is 0 Å². The molecule has 1 rings (SSSR count). The molecule has 1 aromatic rings. The number of aromatic amines is 1. The van der Waals surface area contributed by atoms with Crippen molar-refractivity contribution >= 4 is 5.91 Å². The Bertz CT molecular complexity index is 217. The van der Waals surface area contributed by atoms with E-state index in [-0.39, 0.29) is 11.8 Å². The number of nitrogens with two attached hydrogens (primary N) is 1. The van der Waals surface area contributed by atoms with Crippen LogP contribution >= 0.6 is 0 Å².